The van der Waals surface area contributed by atoms with Crippen LogP contribution in [0, 0.1) is 0 Å². The van der Waals surface area contributed by atoms with Gasteiger partial charge in [0.05, 0.1) is 0 Å². The van der Waals surface area contributed by atoms with Gasteiger partial charge in [-0.3, -0.25) is 0 Å². The predicted octanol–water partition coefficient (Wildman–Crippen LogP) is 4.86. The van der Waals surface area contributed by atoms with E-state index in [1.54, 1.807) is 0 Å². The molecule has 2 nitrogen and oxygen atoms in total. The maximum absolute atomic E-state index is 3.69. The monoisotopic (exact) mass is 324 g/mol. The summed E-state index contributed by atoms with van der Waals surface area (Å²) in [5, 5.41) is 7.22. The third kappa shape index (κ3) is 6.46. The summed E-state index contributed by atoms with van der Waals surface area (Å²) in [6.45, 7) is 12.0. The molecule has 2 aromatic rings. The van der Waals surface area contributed by atoms with Gasteiger partial charge in [-0.05, 0) is 57.7 Å². The van der Waals surface area contributed by atoms with Crippen molar-refractivity contribution in [1.82, 2.24) is 10.6 Å². The molecule has 0 aromatic heterocycles. The molecule has 2 N–H and O–H groups in total. The molecule has 2 heteroatoms. The van der Waals surface area contributed by atoms with Gasteiger partial charge in [-0.15, -0.1) is 0 Å². The highest BCUT2D eigenvalue weighted by molar-refractivity contribution is 5.24. The minimum Gasteiger partial charge on any atom is -0.308 e. The average molecular weight is 325 g/mol. The van der Waals surface area contributed by atoms with Crippen molar-refractivity contribution in [3.8, 4) is 0 Å². The maximum atomic E-state index is 3.69. The van der Waals surface area contributed by atoms with Crippen LogP contribution in [0.1, 0.15) is 57.4 Å². The molecule has 0 saturated heterocycles. The molecule has 0 heterocycles. The highest BCUT2D eigenvalue weighted by Crippen LogP contribution is 2.14. The first-order chi connectivity index (χ1) is 11.3. The topological polar surface area (TPSA) is 24.1 Å². The molecule has 2 aromatic carbocycles. The van der Waals surface area contributed by atoms with Gasteiger partial charge in [0.15, 0.2) is 0 Å². The number of rotatable bonds is 7. The second-order valence-electron chi connectivity index (χ2n) is 7.82. The molecule has 130 valence electrons. The molecule has 0 aliphatic heterocycles. The van der Waals surface area contributed by atoms with Crippen molar-refractivity contribution in [2.24, 2.45) is 0 Å². The van der Waals surface area contributed by atoms with E-state index in [0.717, 1.165) is 13.0 Å². The van der Waals surface area contributed by atoms with E-state index < -0.39 is 0 Å². The van der Waals surface area contributed by atoms with Crippen LogP contribution in [0.2, 0.25) is 0 Å². The minimum atomic E-state index is 0.157. The molecule has 0 fully saturated rings. The quantitative estimate of drug-likeness (QED) is 0.760. The Balaban J connectivity index is 1.84. The Morgan fingerprint density at radius 3 is 2.00 bits per heavy atom. The van der Waals surface area contributed by atoms with E-state index in [9.17, 15) is 0 Å². The van der Waals surface area contributed by atoms with Crippen molar-refractivity contribution in [3.63, 3.8) is 0 Å². The van der Waals surface area contributed by atoms with E-state index in [1.807, 2.05) is 0 Å². The predicted molar refractivity (Wildman–Crippen MR) is 104 cm³/mol. The van der Waals surface area contributed by atoms with E-state index in [1.165, 1.54) is 16.7 Å². The Labute approximate surface area is 147 Å². The normalized spacial score (nSPS) is 14.4. The van der Waals surface area contributed by atoms with E-state index in [0.29, 0.717) is 12.1 Å². The van der Waals surface area contributed by atoms with Gasteiger partial charge in [0, 0.05) is 24.2 Å². The van der Waals surface area contributed by atoms with Gasteiger partial charge < -0.3 is 10.6 Å². The van der Waals surface area contributed by atoms with Crippen molar-refractivity contribution < 1.29 is 0 Å². The molecule has 2 atom stereocenters. The lowest BCUT2D eigenvalue weighted by atomic mass is 10.0. The zero-order valence-corrected chi connectivity index (χ0v) is 15.8. The highest BCUT2D eigenvalue weighted by atomic mass is 14.9. The van der Waals surface area contributed by atoms with Crippen molar-refractivity contribution in [1.29, 1.82) is 0 Å². The SMILES string of the molecule is CC(Cc1ccc(CNC(C)(C)C)cc1)NC(C)c1ccccc1. The lowest BCUT2D eigenvalue weighted by molar-refractivity contribution is 0.424. The molecular formula is C22H32N2. The zero-order chi connectivity index (χ0) is 17.6. The lowest BCUT2D eigenvalue weighted by Gasteiger charge is -2.21. The Kier molecular flexibility index (Phi) is 6.59. The summed E-state index contributed by atoms with van der Waals surface area (Å²) < 4.78 is 0. The van der Waals surface area contributed by atoms with Crippen LogP contribution in [-0.4, -0.2) is 11.6 Å². The van der Waals surface area contributed by atoms with E-state index >= 15 is 0 Å². The van der Waals surface area contributed by atoms with E-state index in [4.69, 9.17) is 0 Å². The Morgan fingerprint density at radius 2 is 1.42 bits per heavy atom. The van der Waals surface area contributed by atoms with Gasteiger partial charge in [0.2, 0.25) is 0 Å². The van der Waals surface area contributed by atoms with Crippen LogP contribution >= 0.6 is 0 Å². The summed E-state index contributed by atoms with van der Waals surface area (Å²) in [4.78, 5) is 0. The fourth-order valence-corrected chi connectivity index (χ4v) is 2.84. The standard InChI is InChI=1S/C22H32N2/c1-17(24-18(2)21-9-7-6-8-10-21)15-19-11-13-20(14-12-19)16-23-22(3,4)5/h6-14,17-18,23-24H,15-16H2,1-5H3. The molecule has 0 amide bonds. The third-order valence-electron chi connectivity index (χ3n) is 4.22. The third-order valence-corrected chi connectivity index (χ3v) is 4.22. The average Bonchev–Trinajstić information content (AvgIpc) is 2.54. The smallest absolute Gasteiger partial charge is 0.0294 e. The van der Waals surface area contributed by atoms with Gasteiger partial charge in [-0.25, -0.2) is 0 Å². The van der Waals surface area contributed by atoms with Gasteiger partial charge >= 0.3 is 0 Å². The molecule has 0 radical (unpaired) electrons. The first-order valence-corrected chi connectivity index (χ1v) is 8.97. The van der Waals surface area contributed by atoms with Gasteiger partial charge in [-0.2, -0.15) is 0 Å². The fourth-order valence-electron chi connectivity index (χ4n) is 2.84. The molecular weight excluding hydrogens is 292 g/mol. The molecule has 0 spiro atoms. The fraction of sp³-hybridized carbons (Fsp3) is 0.455. The highest BCUT2D eigenvalue weighted by Gasteiger charge is 2.11. The van der Waals surface area contributed by atoms with Crippen LogP contribution in [0.5, 0.6) is 0 Å². The second-order valence-corrected chi connectivity index (χ2v) is 7.82. The molecule has 0 bridgehead atoms. The molecule has 0 aliphatic carbocycles. The number of nitrogens with one attached hydrogen (secondary N) is 2. The molecule has 2 unspecified atom stereocenters. The van der Waals surface area contributed by atoms with Crippen LogP contribution in [0.3, 0.4) is 0 Å². The Morgan fingerprint density at radius 1 is 0.833 bits per heavy atom. The van der Waals surface area contributed by atoms with Crippen molar-refractivity contribution in [2.45, 2.75) is 65.2 Å². The van der Waals surface area contributed by atoms with Crippen molar-refractivity contribution in [3.05, 3.63) is 71.3 Å². The van der Waals surface area contributed by atoms with Crippen LogP contribution in [-0.2, 0) is 13.0 Å². The van der Waals surface area contributed by atoms with Crippen LogP contribution in [0.25, 0.3) is 0 Å². The Bertz CT molecular complexity index is 596. The summed E-state index contributed by atoms with van der Waals surface area (Å²) in [7, 11) is 0. The first kappa shape index (κ1) is 18.7. The largest absolute Gasteiger partial charge is 0.308 e. The second kappa shape index (κ2) is 8.46. The zero-order valence-electron chi connectivity index (χ0n) is 15.8. The van der Waals surface area contributed by atoms with Gasteiger partial charge in [0.1, 0.15) is 0 Å². The molecule has 24 heavy (non-hydrogen) atoms. The first-order valence-electron chi connectivity index (χ1n) is 8.97. The number of hydrogen-bond donors (Lipinski definition) is 2. The summed E-state index contributed by atoms with van der Waals surface area (Å²) in [6.07, 6.45) is 1.05. The minimum absolute atomic E-state index is 0.157. The summed E-state index contributed by atoms with van der Waals surface area (Å²) in [5.74, 6) is 0. The van der Waals surface area contributed by atoms with Crippen molar-refractivity contribution in [2.75, 3.05) is 0 Å². The molecule has 0 saturated carbocycles. The summed E-state index contributed by atoms with van der Waals surface area (Å²) >= 11 is 0. The lowest BCUT2D eigenvalue weighted by Crippen LogP contribution is -2.35. The van der Waals surface area contributed by atoms with E-state index in [2.05, 4.69) is 99.8 Å². The van der Waals surface area contributed by atoms with Crippen LogP contribution in [0.15, 0.2) is 54.6 Å². The van der Waals surface area contributed by atoms with Crippen molar-refractivity contribution >= 4 is 0 Å². The summed E-state index contributed by atoms with van der Waals surface area (Å²) in [6, 6.07) is 20.4. The van der Waals surface area contributed by atoms with Crippen LogP contribution < -0.4 is 10.6 Å². The molecule has 0 aliphatic rings. The number of hydrogen-bond acceptors (Lipinski definition) is 2. The van der Waals surface area contributed by atoms with Gasteiger partial charge in [0.25, 0.3) is 0 Å². The Hall–Kier alpha value is -1.64. The van der Waals surface area contributed by atoms with E-state index in [-0.39, 0.29) is 5.54 Å². The molecule has 2 rings (SSSR count). The maximum Gasteiger partial charge on any atom is 0.0294 e. The van der Waals surface area contributed by atoms with Gasteiger partial charge in [-0.1, -0.05) is 54.6 Å². The summed E-state index contributed by atoms with van der Waals surface area (Å²) in [5.41, 5.74) is 4.22. The van der Waals surface area contributed by atoms with Crippen LogP contribution in [0.4, 0.5) is 0 Å². The number of benzene rings is 2.